The number of hydrogen-bond donors (Lipinski definition) is 1. The van der Waals surface area contributed by atoms with Crippen LogP contribution in [0.3, 0.4) is 0 Å². The molecule has 0 saturated carbocycles. The van der Waals surface area contributed by atoms with Gasteiger partial charge in [-0.15, -0.1) is 24.8 Å². The zero-order valence-corrected chi connectivity index (χ0v) is 16.8. The van der Waals surface area contributed by atoms with E-state index in [4.69, 9.17) is 0 Å². The van der Waals surface area contributed by atoms with Crippen molar-refractivity contribution in [3.8, 4) is 0 Å². The highest BCUT2D eigenvalue weighted by atomic mass is 35.5. The molecule has 1 amide bonds. The fraction of sp³-hybridized carbons (Fsp3) is 0.632. The maximum Gasteiger partial charge on any atom is 0.222 e. The van der Waals surface area contributed by atoms with Crippen molar-refractivity contribution in [1.82, 2.24) is 10.2 Å². The molecule has 1 N–H and O–H groups in total. The van der Waals surface area contributed by atoms with Gasteiger partial charge in [0.15, 0.2) is 0 Å². The molecule has 142 valence electrons. The summed E-state index contributed by atoms with van der Waals surface area (Å²) >= 11 is 0. The minimum atomic E-state index is 0. The molecular weight excluding hydrogens is 357 g/mol. The molecule has 0 spiro atoms. The van der Waals surface area contributed by atoms with Crippen LogP contribution in [-0.2, 0) is 4.79 Å². The number of likely N-dealkylation sites (N-methyl/N-ethyl adjacent to an activating group) is 2. The lowest BCUT2D eigenvalue weighted by atomic mass is 9.89. The van der Waals surface area contributed by atoms with E-state index in [1.54, 1.807) is 0 Å². The number of amides is 1. The van der Waals surface area contributed by atoms with E-state index in [2.05, 4.69) is 29.4 Å². The lowest BCUT2D eigenvalue weighted by Gasteiger charge is -2.30. The van der Waals surface area contributed by atoms with Crippen LogP contribution in [-0.4, -0.2) is 50.1 Å². The predicted molar refractivity (Wildman–Crippen MR) is 109 cm³/mol. The zero-order chi connectivity index (χ0) is 16.2. The van der Waals surface area contributed by atoms with Gasteiger partial charge in [0.2, 0.25) is 5.91 Å². The molecule has 1 aromatic rings. The fourth-order valence-corrected chi connectivity index (χ4v) is 3.98. The summed E-state index contributed by atoms with van der Waals surface area (Å²) in [7, 11) is 4.02. The number of piperidine rings is 1. The molecule has 2 atom stereocenters. The van der Waals surface area contributed by atoms with Gasteiger partial charge in [-0.25, -0.2) is 0 Å². The van der Waals surface area contributed by atoms with Crippen molar-refractivity contribution < 1.29 is 4.79 Å². The molecule has 0 aliphatic carbocycles. The van der Waals surface area contributed by atoms with E-state index >= 15 is 0 Å². The minimum absolute atomic E-state index is 0. The third-order valence-corrected chi connectivity index (χ3v) is 5.43. The Morgan fingerprint density at radius 1 is 1.04 bits per heavy atom. The Balaban J connectivity index is 0.00000156. The number of rotatable bonds is 6. The second kappa shape index (κ2) is 10.2. The number of fused-ring (bicyclic) bond motifs is 2. The third kappa shape index (κ3) is 6.05. The summed E-state index contributed by atoms with van der Waals surface area (Å²) in [6.07, 6.45) is 5.68. The zero-order valence-electron chi connectivity index (χ0n) is 15.2. The average molecular weight is 388 g/mol. The molecule has 2 saturated heterocycles. The van der Waals surface area contributed by atoms with Crippen molar-refractivity contribution in [2.45, 2.75) is 44.2 Å². The summed E-state index contributed by atoms with van der Waals surface area (Å²) < 4.78 is 0. The first-order valence-corrected chi connectivity index (χ1v) is 8.88. The second-order valence-electron chi connectivity index (χ2n) is 7.25. The predicted octanol–water partition coefficient (Wildman–Crippen LogP) is 3.35. The largest absolute Gasteiger partial charge is 0.373 e. The number of nitrogens with one attached hydrogen (secondary N) is 1. The van der Waals surface area contributed by atoms with Crippen molar-refractivity contribution in [2.75, 3.05) is 32.1 Å². The Morgan fingerprint density at radius 3 is 2.24 bits per heavy atom. The molecule has 6 heteroatoms. The summed E-state index contributed by atoms with van der Waals surface area (Å²) in [5.41, 5.74) is 1.20. The molecule has 1 aromatic carbocycles. The van der Waals surface area contributed by atoms with Gasteiger partial charge >= 0.3 is 0 Å². The van der Waals surface area contributed by atoms with E-state index in [1.807, 2.05) is 30.1 Å². The summed E-state index contributed by atoms with van der Waals surface area (Å²) in [6, 6.07) is 11.7. The Bertz CT molecular complexity index is 517. The van der Waals surface area contributed by atoms with Gasteiger partial charge in [-0.1, -0.05) is 18.2 Å². The van der Waals surface area contributed by atoms with Gasteiger partial charge in [0.25, 0.3) is 0 Å². The molecule has 4 nitrogen and oxygen atoms in total. The molecule has 25 heavy (non-hydrogen) atoms. The summed E-state index contributed by atoms with van der Waals surface area (Å²) in [6.45, 7) is 1.64. The lowest BCUT2D eigenvalue weighted by Crippen LogP contribution is -2.41. The van der Waals surface area contributed by atoms with Crippen LogP contribution in [0.5, 0.6) is 0 Å². The van der Waals surface area contributed by atoms with Crippen LogP contribution in [0.1, 0.15) is 32.1 Å². The Labute approximate surface area is 164 Å². The number of halogens is 2. The van der Waals surface area contributed by atoms with Crippen LogP contribution in [0.25, 0.3) is 0 Å². The SMILES string of the molecule is CN(CCN(C)c1ccccc1)C(=O)CC1CC2CCC(C1)N2.Cl.Cl. The van der Waals surface area contributed by atoms with Crippen LogP contribution in [0.2, 0.25) is 0 Å². The molecule has 2 unspecified atom stereocenters. The van der Waals surface area contributed by atoms with Gasteiger partial charge < -0.3 is 15.1 Å². The highest BCUT2D eigenvalue weighted by Gasteiger charge is 2.34. The molecule has 2 bridgehead atoms. The molecule has 0 radical (unpaired) electrons. The maximum atomic E-state index is 12.5. The summed E-state index contributed by atoms with van der Waals surface area (Å²) in [4.78, 5) is 16.6. The van der Waals surface area contributed by atoms with Crippen molar-refractivity contribution in [3.63, 3.8) is 0 Å². The first-order chi connectivity index (χ1) is 11.1. The van der Waals surface area contributed by atoms with Gasteiger partial charge in [0.05, 0.1) is 0 Å². The molecule has 2 aliphatic rings. The van der Waals surface area contributed by atoms with Crippen LogP contribution >= 0.6 is 24.8 Å². The van der Waals surface area contributed by atoms with Crippen LogP contribution in [0.15, 0.2) is 30.3 Å². The monoisotopic (exact) mass is 387 g/mol. The van der Waals surface area contributed by atoms with E-state index in [1.165, 1.54) is 31.4 Å². The lowest BCUT2D eigenvalue weighted by molar-refractivity contribution is -0.131. The molecule has 2 fully saturated rings. The van der Waals surface area contributed by atoms with Gasteiger partial charge in [-0.2, -0.15) is 0 Å². The van der Waals surface area contributed by atoms with Crippen LogP contribution in [0, 0.1) is 5.92 Å². The first kappa shape index (κ1) is 22.1. The van der Waals surface area contributed by atoms with E-state index in [0.29, 0.717) is 23.9 Å². The highest BCUT2D eigenvalue weighted by Crippen LogP contribution is 2.32. The number of para-hydroxylation sites is 1. The number of benzene rings is 1. The topological polar surface area (TPSA) is 35.6 Å². The Kier molecular flexibility index (Phi) is 9.04. The van der Waals surface area contributed by atoms with Gasteiger partial charge in [0.1, 0.15) is 0 Å². The number of carbonyl (C=O) groups excluding carboxylic acids is 1. The van der Waals surface area contributed by atoms with Crippen molar-refractivity contribution in [1.29, 1.82) is 0 Å². The number of carbonyl (C=O) groups is 1. The highest BCUT2D eigenvalue weighted by molar-refractivity contribution is 5.85. The third-order valence-electron chi connectivity index (χ3n) is 5.43. The van der Waals surface area contributed by atoms with Crippen LogP contribution in [0.4, 0.5) is 5.69 Å². The van der Waals surface area contributed by atoms with Crippen molar-refractivity contribution in [2.24, 2.45) is 5.92 Å². The van der Waals surface area contributed by atoms with Crippen LogP contribution < -0.4 is 10.2 Å². The van der Waals surface area contributed by atoms with Gasteiger partial charge in [-0.05, 0) is 43.7 Å². The quantitative estimate of drug-likeness (QED) is 0.812. The van der Waals surface area contributed by atoms with E-state index in [0.717, 1.165) is 19.5 Å². The summed E-state index contributed by atoms with van der Waals surface area (Å²) in [5.74, 6) is 0.883. The minimum Gasteiger partial charge on any atom is -0.373 e. The fourth-order valence-electron chi connectivity index (χ4n) is 3.98. The van der Waals surface area contributed by atoms with Gasteiger partial charge in [-0.3, -0.25) is 4.79 Å². The van der Waals surface area contributed by atoms with Crippen molar-refractivity contribution in [3.05, 3.63) is 30.3 Å². The average Bonchev–Trinajstić information content (AvgIpc) is 2.91. The maximum absolute atomic E-state index is 12.5. The molecule has 3 rings (SSSR count). The molecular formula is C19H31Cl2N3O. The van der Waals surface area contributed by atoms with E-state index < -0.39 is 0 Å². The normalized spacial score (nSPS) is 24.0. The van der Waals surface area contributed by atoms with E-state index in [-0.39, 0.29) is 24.8 Å². The summed E-state index contributed by atoms with van der Waals surface area (Å²) in [5, 5.41) is 3.65. The molecule has 2 heterocycles. The number of nitrogens with zero attached hydrogens (tertiary/aromatic N) is 2. The number of hydrogen-bond acceptors (Lipinski definition) is 3. The van der Waals surface area contributed by atoms with Gasteiger partial charge in [0, 0.05) is 51.4 Å². The smallest absolute Gasteiger partial charge is 0.222 e. The van der Waals surface area contributed by atoms with Crippen molar-refractivity contribution >= 4 is 36.4 Å². The second-order valence-corrected chi connectivity index (χ2v) is 7.25. The first-order valence-electron chi connectivity index (χ1n) is 8.88. The Morgan fingerprint density at radius 2 is 1.64 bits per heavy atom. The molecule has 0 aromatic heterocycles. The Hall–Kier alpha value is -0.970. The number of anilines is 1. The standard InChI is InChI=1S/C19H29N3O.2ClH/c1-21(18-6-4-3-5-7-18)10-11-22(2)19(23)14-15-12-16-8-9-17(13-15)20-16;;/h3-7,15-17,20H,8-14H2,1-2H3;2*1H. The van der Waals surface area contributed by atoms with E-state index in [9.17, 15) is 4.79 Å². The molecule has 2 aliphatic heterocycles.